The molecule has 0 fully saturated rings. The zero-order valence-corrected chi connectivity index (χ0v) is 13.7. The molecule has 1 atom stereocenters. The Bertz CT molecular complexity index is 726. The fourth-order valence-corrected chi connectivity index (χ4v) is 2.87. The molecule has 0 amide bonds. The highest BCUT2D eigenvalue weighted by Gasteiger charge is 2.15. The Labute approximate surface area is 137 Å². The van der Waals surface area contributed by atoms with E-state index in [1.54, 1.807) is 0 Å². The Morgan fingerprint density at radius 3 is 2.70 bits per heavy atom. The van der Waals surface area contributed by atoms with E-state index in [1.165, 1.54) is 11.1 Å². The largest absolute Gasteiger partial charge is 0.422 e. The van der Waals surface area contributed by atoms with E-state index in [4.69, 9.17) is 4.74 Å². The molecule has 3 rings (SSSR count). The molecule has 118 valence electrons. The topological polar surface area (TPSA) is 26.3 Å². The van der Waals surface area contributed by atoms with Crippen LogP contribution in [-0.2, 0) is 6.42 Å². The van der Waals surface area contributed by atoms with Crippen LogP contribution < -0.4 is 4.74 Å². The van der Waals surface area contributed by atoms with Gasteiger partial charge in [0.25, 0.3) is 0 Å². The van der Waals surface area contributed by atoms with Crippen molar-refractivity contribution < 1.29 is 9.53 Å². The van der Waals surface area contributed by atoms with Crippen LogP contribution in [0, 0.1) is 0 Å². The van der Waals surface area contributed by atoms with Gasteiger partial charge >= 0.3 is 5.97 Å². The van der Waals surface area contributed by atoms with Crippen LogP contribution in [0.3, 0.4) is 0 Å². The van der Waals surface area contributed by atoms with Gasteiger partial charge in [-0.25, -0.2) is 4.79 Å². The van der Waals surface area contributed by atoms with Gasteiger partial charge in [0.1, 0.15) is 5.75 Å². The van der Waals surface area contributed by atoms with Crippen LogP contribution in [0.15, 0.2) is 48.5 Å². The molecule has 1 aliphatic rings. The Morgan fingerprint density at radius 2 is 1.96 bits per heavy atom. The number of benzene rings is 2. The summed E-state index contributed by atoms with van der Waals surface area (Å²) >= 11 is 0. The second-order valence-electron chi connectivity index (χ2n) is 6.09. The predicted molar refractivity (Wildman–Crippen MR) is 93.9 cm³/mol. The molecule has 2 nitrogen and oxygen atoms in total. The van der Waals surface area contributed by atoms with Gasteiger partial charge in [-0.3, -0.25) is 0 Å². The molecule has 2 aromatic carbocycles. The molecule has 0 heterocycles. The molecule has 1 unspecified atom stereocenters. The maximum Gasteiger partial charge on any atom is 0.343 e. The number of allylic oxidation sites excluding steroid dienone is 1. The molecule has 0 radical (unpaired) electrons. The number of carbonyl (C=O) groups excluding carboxylic acids is 1. The maximum absolute atomic E-state index is 12.4. The molecule has 2 aromatic rings. The average Bonchev–Trinajstić information content (AvgIpc) is 2.61. The number of carbonyl (C=O) groups is 1. The first kappa shape index (κ1) is 15.5. The lowest BCUT2D eigenvalue weighted by Gasteiger charge is -2.15. The van der Waals surface area contributed by atoms with Crippen molar-refractivity contribution in [3.63, 3.8) is 0 Å². The molecule has 0 N–H and O–H groups in total. The van der Waals surface area contributed by atoms with E-state index in [1.807, 2.05) is 42.5 Å². The number of ether oxygens (including phenoxy) is 1. The van der Waals surface area contributed by atoms with Crippen LogP contribution in [0.2, 0.25) is 0 Å². The van der Waals surface area contributed by atoms with Crippen molar-refractivity contribution >= 4 is 12.0 Å². The molecular formula is C21H22O2. The van der Waals surface area contributed by atoms with Crippen LogP contribution in [0.25, 0.3) is 6.08 Å². The van der Waals surface area contributed by atoms with Crippen LogP contribution in [0.1, 0.15) is 59.7 Å². The number of aryl methyl sites for hydroxylation is 1. The van der Waals surface area contributed by atoms with E-state index in [0.29, 0.717) is 17.2 Å². The minimum atomic E-state index is -0.298. The highest BCUT2D eigenvalue weighted by atomic mass is 16.5. The first-order valence-electron chi connectivity index (χ1n) is 8.29. The second kappa shape index (κ2) is 6.82. The van der Waals surface area contributed by atoms with Gasteiger partial charge in [0.2, 0.25) is 0 Å². The lowest BCUT2D eigenvalue weighted by molar-refractivity contribution is 0.0734. The third kappa shape index (κ3) is 3.37. The standard InChI is InChI=1S/C21H22O2/c1-3-15(2)16-11-13-18(14-12-16)21(22)23-20-10-6-8-17-7-4-5-9-19(17)20/h5-6,8-15H,3-4,7H2,1-2H3. The summed E-state index contributed by atoms with van der Waals surface area (Å²) in [5, 5.41) is 0. The average molecular weight is 306 g/mol. The van der Waals surface area contributed by atoms with Gasteiger partial charge in [-0.15, -0.1) is 0 Å². The molecule has 0 aliphatic heterocycles. The summed E-state index contributed by atoms with van der Waals surface area (Å²) in [6.45, 7) is 4.36. The summed E-state index contributed by atoms with van der Waals surface area (Å²) in [4.78, 5) is 12.4. The fraction of sp³-hybridized carbons (Fsp3) is 0.286. The zero-order valence-electron chi connectivity index (χ0n) is 13.7. The van der Waals surface area contributed by atoms with E-state index in [9.17, 15) is 4.79 Å². The molecule has 0 bridgehead atoms. The minimum Gasteiger partial charge on any atom is -0.422 e. The molecule has 0 spiro atoms. The normalized spacial score (nSPS) is 14.2. The molecular weight excluding hydrogens is 284 g/mol. The van der Waals surface area contributed by atoms with Gasteiger partial charge in [-0.1, -0.05) is 50.3 Å². The smallest absolute Gasteiger partial charge is 0.343 e. The van der Waals surface area contributed by atoms with Crippen molar-refractivity contribution in [1.82, 2.24) is 0 Å². The summed E-state index contributed by atoms with van der Waals surface area (Å²) in [7, 11) is 0. The summed E-state index contributed by atoms with van der Waals surface area (Å²) in [6.07, 6.45) is 7.31. The van der Waals surface area contributed by atoms with Crippen LogP contribution in [0.4, 0.5) is 0 Å². The van der Waals surface area contributed by atoms with E-state index in [-0.39, 0.29) is 5.97 Å². The van der Waals surface area contributed by atoms with Gasteiger partial charge in [0.15, 0.2) is 0 Å². The zero-order chi connectivity index (χ0) is 16.2. The minimum absolute atomic E-state index is 0.298. The Kier molecular flexibility index (Phi) is 4.61. The molecule has 23 heavy (non-hydrogen) atoms. The molecule has 2 heteroatoms. The van der Waals surface area contributed by atoms with Crippen molar-refractivity contribution in [2.24, 2.45) is 0 Å². The van der Waals surface area contributed by atoms with Crippen molar-refractivity contribution in [1.29, 1.82) is 0 Å². The SMILES string of the molecule is CCC(C)c1ccc(C(=O)Oc2cccc3c2C=CCC3)cc1. The first-order valence-corrected chi connectivity index (χ1v) is 8.29. The van der Waals surface area contributed by atoms with Crippen LogP contribution >= 0.6 is 0 Å². The number of hydrogen-bond acceptors (Lipinski definition) is 2. The van der Waals surface area contributed by atoms with E-state index in [2.05, 4.69) is 26.0 Å². The van der Waals surface area contributed by atoms with E-state index < -0.39 is 0 Å². The van der Waals surface area contributed by atoms with Crippen molar-refractivity contribution in [3.8, 4) is 5.75 Å². The predicted octanol–water partition coefficient (Wildman–Crippen LogP) is 5.38. The van der Waals surface area contributed by atoms with Gasteiger partial charge in [-0.05, 0) is 54.5 Å². The molecule has 0 saturated heterocycles. The van der Waals surface area contributed by atoms with Gasteiger partial charge in [-0.2, -0.15) is 0 Å². The Morgan fingerprint density at radius 1 is 1.17 bits per heavy atom. The third-order valence-corrected chi connectivity index (χ3v) is 4.55. The highest BCUT2D eigenvalue weighted by Crippen LogP contribution is 2.29. The number of esters is 1. The second-order valence-corrected chi connectivity index (χ2v) is 6.09. The Balaban J connectivity index is 1.79. The molecule has 0 saturated carbocycles. The van der Waals surface area contributed by atoms with Crippen molar-refractivity contribution in [3.05, 3.63) is 70.8 Å². The van der Waals surface area contributed by atoms with Crippen molar-refractivity contribution in [2.75, 3.05) is 0 Å². The van der Waals surface area contributed by atoms with Crippen LogP contribution in [-0.4, -0.2) is 5.97 Å². The highest BCUT2D eigenvalue weighted by molar-refractivity contribution is 5.91. The van der Waals surface area contributed by atoms with Crippen LogP contribution in [0.5, 0.6) is 5.75 Å². The van der Waals surface area contributed by atoms with Gasteiger partial charge in [0.05, 0.1) is 5.56 Å². The van der Waals surface area contributed by atoms with Crippen molar-refractivity contribution in [2.45, 2.75) is 39.0 Å². The lowest BCUT2D eigenvalue weighted by atomic mass is 9.96. The summed E-state index contributed by atoms with van der Waals surface area (Å²) in [6, 6.07) is 13.7. The molecule has 1 aliphatic carbocycles. The monoisotopic (exact) mass is 306 g/mol. The number of hydrogen-bond donors (Lipinski definition) is 0. The summed E-state index contributed by atoms with van der Waals surface area (Å²) in [5.41, 5.74) is 4.12. The third-order valence-electron chi connectivity index (χ3n) is 4.55. The number of rotatable bonds is 4. The molecule has 0 aromatic heterocycles. The Hall–Kier alpha value is -2.35. The first-order chi connectivity index (χ1) is 11.2. The quantitative estimate of drug-likeness (QED) is 0.560. The fourth-order valence-electron chi connectivity index (χ4n) is 2.87. The lowest BCUT2D eigenvalue weighted by Crippen LogP contribution is -2.10. The summed E-state index contributed by atoms with van der Waals surface area (Å²) in [5.74, 6) is 0.855. The van der Waals surface area contributed by atoms with Gasteiger partial charge < -0.3 is 4.74 Å². The van der Waals surface area contributed by atoms with E-state index in [0.717, 1.165) is 24.8 Å². The van der Waals surface area contributed by atoms with Gasteiger partial charge in [0, 0.05) is 5.56 Å². The van der Waals surface area contributed by atoms with E-state index >= 15 is 0 Å². The number of fused-ring (bicyclic) bond motifs is 1. The maximum atomic E-state index is 12.4. The summed E-state index contributed by atoms with van der Waals surface area (Å²) < 4.78 is 5.64.